The van der Waals surface area contributed by atoms with Gasteiger partial charge >= 0.3 is 0 Å². The van der Waals surface area contributed by atoms with E-state index in [4.69, 9.17) is 14.1 Å². The van der Waals surface area contributed by atoms with E-state index in [0.29, 0.717) is 68.8 Å². The number of fused-ring (bicyclic) bond motifs is 5. The molecule has 1 saturated heterocycles. The Morgan fingerprint density at radius 2 is 1.87 bits per heavy atom. The molecule has 9 nitrogen and oxygen atoms in total. The van der Waals surface area contributed by atoms with Crippen LogP contribution in [0.15, 0.2) is 59.1 Å². The summed E-state index contributed by atoms with van der Waals surface area (Å²) in [4.78, 5) is 26.4. The summed E-state index contributed by atoms with van der Waals surface area (Å²) in [6.07, 6.45) is 0.0502. The van der Waals surface area contributed by atoms with Gasteiger partial charge in [-0.05, 0) is 72.5 Å². The predicted molar refractivity (Wildman–Crippen MR) is 186 cm³/mol. The fourth-order valence-corrected chi connectivity index (χ4v) is 9.03. The second kappa shape index (κ2) is 12.4. The molecule has 0 spiro atoms. The summed E-state index contributed by atoms with van der Waals surface area (Å²) in [6.45, 7) is 2.30. The molecule has 1 N–H and O–H groups in total. The van der Waals surface area contributed by atoms with Crippen LogP contribution in [0.1, 0.15) is 75.4 Å². The van der Waals surface area contributed by atoms with Crippen molar-refractivity contribution in [3.05, 3.63) is 106 Å². The summed E-state index contributed by atoms with van der Waals surface area (Å²) in [6, 6.07) is 11.2. The van der Waals surface area contributed by atoms with Crippen molar-refractivity contribution in [1.29, 1.82) is 0 Å². The Bertz CT molecular complexity index is 2400. The van der Waals surface area contributed by atoms with Gasteiger partial charge in [0, 0.05) is 35.7 Å². The second-order valence-corrected chi connectivity index (χ2v) is 14.3. The van der Waals surface area contributed by atoms with Gasteiger partial charge in [-0.15, -0.1) is 21.5 Å². The number of nitrogens with zero attached hydrogens (tertiary/aromatic N) is 5. The number of hydrogen-bond acceptors (Lipinski definition) is 9. The fourth-order valence-electron chi connectivity index (χ4n) is 7.87. The lowest BCUT2D eigenvalue weighted by atomic mass is 9.93. The predicted octanol–water partition coefficient (Wildman–Crippen LogP) is 8.59. The SMILES string of the molecule is COc1c(F)ccc2c1[C@H](F)[C@@H](F)C2Nc1nccc2cc(-c3c4c(nc(CCc5ccc(F)cc5)c3-c3nnc(C)o3)[C@H]3CCCN3C4=O)sc12. The number of aromatic nitrogens is 4. The average molecular weight is 727 g/mol. The van der Waals surface area contributed by atoms with Gasteiger partial charge in [0.05, 0.1) is 46.4 Å². The first kappa shape index (κ1) is 32.5. The molecule has 1 aliphatic carbocycles. The summed E-state index contributed by atoms with van der Waals surface area (Å²) >= 11 is 1.33. The molecule has 1 unspecified atom stereocenters. The number of anilines is 1. The number of nitrogens with one attached hydrogen (secondary N) is 1. The number of alkyl halides is 2. The van der Waals surface area contributed by atoms with Crippen molar-refractivity contribution in [2.75, 3.05) is 19.0 Å². The van der Waals surface area contributed by atoms with E-state index >= 15 is 8.78 Å². The third-order valence-electron chi connectivity index (χ3n) is 10.2. The molecule has 9 rings (SSSR count). The Morgan fingerprint density at radius 3 is 2.63 bits per heavy atom. The lowest BCUT2D eigenvalue weighted by Crippen LogP contribution is -2.22. The van der Waals surface area contributed by atoms with Gasteiger partial charge in [0.2, 0.25) is 11.8 Å². The van der Waals surface area contributed by atoms with Crippen LogP contribution in [0.3, 0.4) is 0 Å². The summed E-state index contributed by atoms with van der Waals surface area (Å²) in [5.41, 5.74) is 3.96. The minimum atomic E-state index is -2.11. The van der Waals surface area contributed by atoms with Crippen LogP contribution in [0.5, 0.6) is 5.75 Å². The highest BCUT2D eigenvalue weighted by atomic mass is 32.1. The second-order valence-electron chi connectivity index (χ2n) is 13.2. The zero-order valence-electron chi connectivity index (χ0n) is 27.9. The Labute approximate surface area is 298 Å². The Balaban J connectivity index is 1.20. The molecule has 0 radical (unpaired) electrons. The quantitative estimate of drug-likeness (QED) is 0.156. The monoisotopic (exact) mass is 726 g/mol. The molecule has 14 heteroatoms. The van der Waals surface area contributed by atoms with Crippen LogP contribution in [-0.2, 0) is 12.8 Å². The molecule has 2 aliphatic heterocycles. The molecule has 6 heterocycles. The standard InChI is InChI=1S/C38H30F4N6O3S/c1-17-46-47-37(51-17)27-23(12-7-18-5-8-20(39)9-6-18)44-33-24-4-3-15-48(24)38(49)29(33)28(27)25-16-19-13-14-43-36(35(19)52-25)45-32-21-10-11-22(40)34(50-2)26(21)30(41)31(32)42/h5-6,8-11,13-14,16,24,30-32H,3-4,7,12,15H2,1-2H3,(H,43,45)/t24-,30+,31-,32?/m1/s1. The van der Waals surface area contributed by atoms with Gasteiger partial charge in [0.1, 0.15) is 11.6 Å². The lowest BCUT2D eigenvalue weighted by molar-refractivity contribution is 0.0776. The number of hydrogen-bond donors (Lipinski definition) is 1. The van der Waals surface area contributed by atoms with Crippen LogP contribution >= 0.6 is 11.3 Å². The van der Waals surface area contributed by atoms with E-state index in [9.17, 15) is 13.6 Å². The number of amides is 1. The molecular formula is C38H30F4N6O3S. The summed E-state index contributed by atoms with van der Waals surface area (Å²) < 4.78 is 71.0. The smallest absolute Gasteiger partial charge is 0.257 e. The van der Waals surface area contributed by atoms with E-state index in [1.54, 1.807) is 31.3 Å². The molecule has 6 aromatic rings. The lowest BCUT2D eigenvalue weighted by Gasteiger charge is -2.18. The van der Waals surface area contributed by atoms with Gasteiger partial charge in [-0.3, -0.25) is 9.78 Å². The first-order chi connectivity index (χ1) is 25.2. The molecule has 1 amide bonds. The molecule has 264 valence electrons. The topological polar surface area (TPSA) is 106 Å². The average Bonchev–Trinajstić information content (AvgIpc) is 3.97. The number of halogens is 4. The maximum atomic E-state index is 15.7. The molecule has 1 fully saturated rings. The van der Waals surface area contributed by atoms with Gasteiger partial charge in [0.15, 0.2) is 23.9 Å². The van der Waals surface area contributed by atoms with Gasteiger partial charge < -0.3 is 19.4 Å². The van der Waals surface area contributed by atoms with E-state index < -0.39 is 24.2 Å². The number of carbonyl (C=O) groups is 1. The highest BCUT2D eigenvalue weighted by Crippen LogP contribution is 2.52. The highest BCUT2D eigenvalue weighted by molar-refractivity contribution is 7.23. The van der Waals surface area contributed by atoms with Crippen LogP contribution in [0, 0.1) is 18.6 Å². The Kier molecular flexibility index (Phi) is 7.75. The molecular weight excluding hydrogens is 697 g/mol. The number of benzene rings is 2. The van der Waals surface area contributed by atoms with Crippen molar-refractivity contribution in [1.82, 2.24) is 25.1 Å². The van der Waals surface area contributed by atoms with Gasteiger partial charge in [-0.2, -0.15) is 0 Å². The maximum Gasteiger partial charge on any atom is 0.257 e. The molecule has 3 aliphatic rings. The van der Waals surface area contributed by atoms with E-state index in [1.165, 1.54) is 36.6 Å². The first-order valence-electron chi connectivity index (χ1n) is 16.9. The Morgan fingerprint density at radius 1 is 1.04 bits per heavy atom. The van der Waals surface area contributed by atoms with E-state index in [-0.39, 0.29) is 40.5 Å². The fraction of sp³-hybridized carbons (Fsp3) is 0.289. The molecule has 0 saturated carbocycles. The number of carbonyl (C=O) groups excluding carboxylic acids is 1. The van der Waals surface area contributed by atoms with Gasteiger partial charge in [-0.25, -0.2) is 22.5 Å². The van der Waals surface area contributed by atoms with E-state index in [1.807, 2.05) is 11.0 Å². The molecule has 2 aromatic carbocycles. The van der Waals surface area contributed by atoms with Gasteiger partial charge in [-0.1, -0.05) is 18.2 Å². The van der Waals surface area contributed by atoms with E-state index in [2.05, 4.69) is 20.5 Å². The summed E-state index contributed by atoms with van der Waals surface area (Å²) in [7, 11) is 1.22. The van der Waals surface area contributed by atoms with Crippen LogP contribution in [-0.4, -0.2) is 50.8 Å². The number of rotatable bonds is 8. The van der Waals surface area contributed by atoms with Crippen molar-refractivity contribution >= 4 is 33.1 Å². The normalized spacial score (nSPS) is 20.4. The first-order valence-corrected chi connectivity index (χ1v) is 17.8. The van der Waals surface area contributed by atoms with Crippen LogP contribution in [0.4, 0.5) is 23.4 Å². The minimum Gasteiger partial charge on any atom is -0.493 e. The highest BCUT2D eigenvalue weighted by Gasteiger charge is 2.46. The van der Waals surface area contributed by atoms with Crippen molar-refractivity contribution < 1.29 is 31.5 Å². The van der Waals surface area contributed by atoms with E-state index in [0.717, 1.165) is 29.9 Å². The molecule has 0 bridgehead atoms. The van der Waals surface area contributed by atoms with Crippen molar-refractivity contribution in [3.63, 3.8) is 0 Å². The largest absolute Gasteiger partial charge is 0.493 e. The van der Waals surface area contributed by atoms with Crippen molar-refractivity contribution in [2.24, 2.45) is 0 Å². The van der Waals surface area contributed by atoms with Crippen molar-refractivity contribution in [3.8, 4) is 27.6 Å². The molecule has 4 aromatic heterocycles. The summed E-state index contributed by atoms with van der Waals surface area (Å²) in [5.74, 6) is -0.701. The van der Waals surface area contributed by atoms with Gasteiger partial charge in [0.25, 0.3) is 5.91 Å². The Hall–Kier alpha value is -5.37. The molecule has 52 heavy (non-hydrogen) atoms. The van der Waals surface area contributed by atoms with Crippen LogP contribution in [0.2, 0.25) is 0 Å². The molecule has 4 atom stereocenters. The van der Waals surface area contributed by atoms with Crippen molar-refractivity contribution in [2.45, 2.75) is 57.0 Å². The third kappa shape index (κ3) is 5.06. The minimum absolute atomic E-state index is 0.130. The number of thiophene rings is 1. The van der Waals surface area contributed by atoms with Crippen LogP contribution < -0.4 is 10.1 Å². The van der Waals surface area contributed by atoms with Crippen LogP contribution in [0.25, 0.3) is 32.0 Å². The zero-order valence-corrected chi connectivity index (χ0v) is 28.7. The number of ether oxygens (including phenoxy) is 1. The number of methoxy groups -OCH3 is 1. The maximum absolute atomic E-state index is 15.7. The third-order valence-corrected chi connectivity index (χ3v) is 11.4. The zero-order chi connectivity index (χ0) is 35.8. The number of pyridine rings is 2. The number of aryl methyl sites for hydroxylation is 3. The summed E-state index contributed by atoms with van der Waals surface area (Å²) in [5, 5.41) is 12.3.